The van der Waals surface area contributed by atoms with Gasteiger partial charge in [0.25, 0.3) is 5.91 Å². The molecule has 0 spiro atoms. The van der Waals surface area contributed by atoms with E-state index in [-0.39, 0.29) is 36.1 Å². The van der Waals surface area contributed by atoms with Crippen LogP contribution in [0.15, 0.2) is 164 Å². The normalized spacial score (nSPS) is 14.3. The number of piperazine rings is 2. The molecule has 0 unspecified atom stereocenters. The summed E-state index contributed by atoms with van der Waals surface area (Å²) in [5.74, 6) is 1.22. The Balaban J connectivity index is 0.000000224. The van der Waals surface area contributed by atoms with Crippen LogP contribution in [0.4, 0.5) is 17.1 Å². The number of carbonyl (C=O) groups is 7. The Labute approximate surface area is 520 Å². The zero-order chi connectivity index (χ0) is 62.3. The highest BCUT2D eigenvalue weighted by molar-refractivity contribution is 6.00. The molecule has 6 aromatic rings. The van der Waals surface area contributed by atoms with Gasteiger partial charge >= 0.3 is 11.9 Å². The molecule has 88 heavy (non-hydrogen) atoms. The van der Waals surface area contributed by atoms with Crippen LogP contribution in [0.2, 0.25) is 0 Å². The molecule has 3 saturated heterocycles. The van der Waals surface area contributed by atoms with Gasteiger partial charge in [-0.15, -0.1) is 12.4 Å². The lowest BCUT2D eigenvalue weighted by Crippen LogP contribution is -2.50. The molecule has 0 saturated carbocycles. The third kappa shape index (κ3) is 21.8. The topological polar surface area (TPSA) is 214 Å². The van der Waals surface area contributed by atoms with E-state index in [4.69, 9.17) is 28.9 Å². The smallest absolute Gasteiger partial charge is 0.330 e. The Morgan fingerprint density at radius 2 is 0.864 bits per heavy atom. The number of para-hydroxylation sites is 3. The fraction of sp³-hybridized carbons (Fsp3) is 0.279. The number of hydrogen-bond acceptors (Lipinski definition) is 15. The van der Waals surface area contributed by atoms with Crippen molar-refractivity contribution in [3.05, 3.63) is 197 Å². The average Bonchev–Trinajstić information content (AvgIpc) is 2.49. The number of nitrogens with one attached hydrogen (secondary N) is 1. The van der Waals surface area contributed by atoms with E-state index >= 15 is 0 Å². The maximum Gasteiger partial charge on any atom is 0.330 e. The first-order valence-corrected chi connectivity index (χ1v) is 28.6. The van der Waals surface area contributed by atoms with Crippen LogP contribution in [0.25, 0.3) is 18.2 Å². The number of esters is 2. The first kappa shape index (κ1) is 69.4. The maximum atomic E-state index is 12.8. The molecule has 0 radical (unpaired) electrons. The van der Waals surface area contributed by atoms with Crippen LogP contribution in [0.1, 0.15) is 71.3 Å². The van der Waals surface area contributed by atoms with Crippen molar-refractivity contribution < 1.29 is 62.5 Å². The van der Waals surface area contributed by atoms with E-state index in [0.29, 0.717) is 64.5 Å². The van der Waals surface area contributed by atoms with Crippen LogP contribution in [0, 0.1) is 0 Å². The molecule has 3 fully saturated rings. The highest BCUT2D eigenvalue weighted by Gasteiger charge is 2.28. The van der Waals surface area contributed by atoms with E-state index in [1.54, 1.807) is 97.9 Å². The molecule has 0 aromatic heterocycles. The van der Waals surface area contributed by atoms with Gasteiger partial charge in [0.05, 0.1) is 64.7 Å². The Hall–Kier alpha value is -9.40. The van der Waals surface area contributed by atoms with Crippen LogP contribution in [0.3, 0.4) is 0 Å². The van der Waals surface area contributed by atoms with Crippen LogP contribution >= 0.6 is 12.4 Å². The second-order valence-corrected chi connectivity index (χ2v) is 19.8. The average molecular weight is 1220 g/mol. The van der Waals surface area contributed by atoms with Gasteiger partial charge in [0.2, 0.25) is 17.7 Å². The number of anilines is 3. The molecule has 2 N–H and O–H groups in total. The first-order valence-electron chi connectivity index (χ1n) is 28.6. The molecule has 20 heteroatoms. The molecular formula is C68H77ClN6O13. The lowest BCUT2D eigenvalue weighted by molar-refractivity contribution is -0.138. The van der Waals surface area contributed by atoms with Gasteiger partial charge in [-0.1, -0.05) is 78.9 Å². The number of amides is 4. The largest absolute Gasteiger partial charge is 0.497 e. The number of hydroxylamine groups is 1. The van der Waals surface area contributed by atoms with Crippen LogP contribution in [0.5, 0.6) is 17.2 Å². The quantitative estimate of drug-likeness (QED) is 0.0254. The third-order valence-corrected chi connectivity index (χ3v) is 13.9. The number of hydrogen-bond donors (Lipinski definition) is 2. The number of carbonyl (C=O) groups excluding carboxylic acids is 7. The van der Waals surface area contributed by atoms with Crippen molar-refractivity contribution in [1.82, 2.24) is 15.3 Å². The second kappa shape index (κ2) is 37.2. The van der Waals surface area contributed by atoms with Gasteiger partial charge in [-0.25, -0.2) is 15.1 Å². The van der Waals surface area contributed by atoms with E-state index in [9.17, 15) is 33.6 Å². The zero-order valence-electron chi connectivity index (χ0n) is 50.3. The van der Waals surface area contributed by atoms with E-state index in [1.165, 1.54) is 18.2 Å². The standard InChI is InChI=1S/C23H26N2O4.C21H23N3O4.C16H19NO3.C8H8O2.ClH/c1-3-29-23(27)13-10-19-6-4-5-7-21(19)25-15-14-24(17-22(25)26)16-18-8-11-20(28-2)12-9-18;1-28-18-9-6-16(7-10-18)14-23-12-13-24(21(26)15-23)19-5-3-2-4-17(19)8-11-20(25)22-27;1-2-20-16(19)11-10-13-7-3-4-8-14(13)17-12-6-5-9-15(17)18;1-10-8-4-2-7(6-9)3-5-8;/h4-13H,3,14-17H2,1-2H3;2-11,27H,12-15H2,1H3,(H,22,25);3-4,7-8,10-11H,2,5-6,9,12H2,1H3;2-6H,1H3;1H/b13-10+;11-8+;11-10+;;. The Bertz CT molecular complexity index is 3320. The lowest BCUT2D eigenvalue weighted by Gasteiger charge is -2.35. The summed E-state index contributed by atoms with van der Waals surface area (Å²) in [7, 11) is 4.87. The van der Waals surface area contributed by atoms with Gasteiger partial charge in [0.1, 0.15) is 23.5 Å². The van der Waals surface area contributed by atoms with Crippen molar-refractivity contribution in [1.29, 1.82) is 0 Å². The predicted molar refractivity (Wildman–Crippen MR) is 343 cm³/mol. The minimum absolute atomic E-state index is 0. The SMILES string of the molecule is CCOC(=O)/C=C/c1ccccc1N1CCCCC1=O.CCOC(=O)/C=C/c1ccccc1N1CCN(Cc2ccc(OC)cc2)CC1=O.COc1ccc(C=O)cc1.COc1ccc(CN2CCN(c3ccccc3/C=C/C(=O)NO)C(=O)C2)cc1.Cl. The van der Waals surface area contributed by atoms with Gasteiger partial charge in [0.15, 0.2) is 0 Å². The highest BCUT2D eigenvalue weighted by atomic mass is 35.5. The molecule has 0 bridgehead atoms. The molecular weight excluding hydrogens is 1140 g/mol. The predicted octanol–water partition coefficient (Wildman–Crippen LogP) is 9.89. The number of ether oxygens (including phenoxy) is 5. The highest BCUT2D eigenvalue weighted by Crippen LogP contribution is 2.28. The van der Waals surface area contributed by atoms with E-state index in [0.717, 1.165) is 101 Å². The molecule has 4 amide bonds. The van der Waals surface area contributed by atoms with Crippen LogP contribution in [-0.2, 0) is 51.3 Å². The summed E-state index contributed by atoms with van der Waals surface area (Å²) in [5.41, 5.74) is 9.32. The maximum absolute atomic E-state index is 12.8. The van der Waals surface area contributed by atoms with Gasteiger partial charge in [-0.05, 0) is 139 Å². The number of nitrogens with zero attached hydrogens (tertiary/aromatic N) is 5. The van der Waals surface area contributed by atoms with Crippen molar-refractivity contribution in [2.75, 3.05) is 95.1 Å². The molecule has 9 rings (SSSR count). The Morgan fingerprint density at radius 1 is 0.489 bits per heavy atom. The van der Waals surface area contributed by atoms with Crippen LogP contribution in [-0.4, -0.2) is 137 Å². The summed E-state index contributed by atoms with van der Waals surface area (Å²) in [5, 5.41) is 8.62. The zero-order valence-corrected chi connectivity index (χ0v) is 51.1. The molecule has 464 valence electrons. The monoisotopic (exact) mass is 1220 g/mol. The van der Waals surface area contributed by atoms with E-state index in [1.807, 2.05) is 121 Å². The number of methoxy groups -OCH3 is 3. The van der Waals surface area contributed by atoms with Gasteiger partial charge < -0.3 is 38.4 Å². The second-order valence-electron chi connectivity index (χ2n) is 19.8. The fourth-order valence-corrected chi connectivity index (χ4v) is 9.47. The van der Waals surface area contributed by atoms with Crippen molar-refractivity contribution in [2.45, 2.75) is 46.2 Å². The summed E-state index contributed by atoms with van der Waals surface area (Å²) < 4.78 is 25.1. The molecule has 19 nitrogen and oxygen atoms in total. The molecule has 0 atom stereocenters. The fourth-order valence-electron chi connectivity index (χ4n) is 9.47. The molecule has 3 aliphatic heterocycles. The van der Waals surface area contributed by atoms with Crippen molar-refractivity contribution in [3.63, 3.8) is 0 Å². The number of piperidine rings is 1. The summed E-state index contributed by atoms with van der Waals surface area (Å²) in [6.45, 7) is 9.72. The third-order valence-electron chi connectivity index (χ3n) is 13.9. The van der Waals surface area contributed by atoms with Gasteiger partial charge in [0, 0.05) is 76.0 Å². The summed E-state index contributed by atoms with van der Waals surface area (Å²) in [6, 6.07) is 45.2. The Kier molecular flexibility index (Phi) is 29.3. The minimum atomic E-state index is -0.620. The summed E-state index contributed by atoms with van der Waals surface area (Å²) in [6.07, 6.45) is 12.4. The molecule has 0 aliphatic carbocycles. The van der Waals surface area contributed by atoms with Crippen molar-refractivity contribution >= 4 is 89.6 Å². The first-order chi connectivity index (χ1) is 42.3. The van der Waals surface area contributed by atoms with Crippen molar-refractivity contribution in [3.8, 4) is 17.2 Å². The number of benzene rings is 6. The number of rotatable bonds is 19. The van der Waals surface area contributed by atoms with Crippen molar-refractivity contribution in [2.24, 2.45) is 0 Å². The summed E-state index contributed by atoms with van der Waals surface area (Å²) in [4.78, 5) is 91.6. The minimum Gasteiger partial charge on any atom is -0.497 e. The van der Waals surface area contributed by atoms with Gasteiger partial charge in [-0.2, -0.15) is 0 Å². The van der Waals surface area contributed by atoms with Gasteiger partial charge in [-0.3, -0.25) is 39.0 Å². The molecule has 3 heterocycles. The number of halogens is 1. The lowest BCUT2D eigenvalue weighted by atomic mass is 10.1. The Morgan fingerprint density at radius 3 is 1.22 bits per heavy atom. The van der Waals surface area contributed by atoms with Crippen LogP contribution < -0.4 is 34.4 Å². The number of aldehydes is 1. The van der Waals surface area contributed by atoms with E-state index in [2.05, 4.69) is 9.80 Å². The van der Waals surface area contributed by atoms with E-state index < -0.39 is 11.9 Å². The molecule has 6 aromatic carbocycles. The molecule has 3 aliphatic rings. The summed E-state index contributed by atoms with van der Waals surface area (Å²) >= 11 is 0.